The van der Waals surface area contributed by atoms with Gasteiger partial charge in [0.1, 0.15) is 17.5 Å². The van der Waals surface area contributed by atoms with Crippen molar-refractivity contribution in [3.8, 4) is 11.5 Å². The molecule has 1 fully saturated rings. The number of hydrogen-bond acceptors (Lipinski definition) is 6. The van der Waals surface area contributed by atoms with Gasteiger partial charge >= 0.3 is 5.97 Å². The molecule has 2 heterocycles. The summed E-state index contributed by atoms with van der Waals surface area (Å²) in [5.41, 5.74) is -0.0176. The van der Waals surface area contributed by atoms with Crippen molar-refractivity contribution in [3.63, 3.8) is 0 Å². The molecule has 10 nitrogen and oxygen atoms in total. The molecule has 0 aliphatic carbocycles. The van der Waals surface area contributed by atoms with Crippen LogP contribution in [0.3, 0.4) is 0 Å². The topological polar surface area (TPSA) is 125 Å². The van der Waals surface area contributed by atoms with Crippen LogP contribution in [0.1, 0.15) is 38.7 Å². The molecule has 2 aliphatic rings. The average Bonchev–Trinajstić information content (AvgIpc) is 3.58. The lowest BCUT2D eigenvalue weighted by atomic mass is 10.0. The number of rotatable bonds is 7. The molecule has 5 rings (SSSR count). The first-order valence-corrected chi connectivity index (χ1v) is 12.4. The monoisotopic (exact) mass is 569 g/mol. The lowest BCUT2D eigenvalue weighted by Gasteiger charge is -2.31. The summed E-state index contributed by atoms with van der Waals surface area (Å²) in [4.78, 5) is 54.4. The normalized spacial score (nSPS) is 16.4. The van der Waals surface area contributed by atoms with Gasteiger partial charge in [0.2, 0.25) is 6.79 Å². The summed E-state index contributed by atoms with van der Waals surface area (Å²) in [5, 5.41) is 12.0. The zero-order valence-corrected chi connectivity index (χ0v) is 21.2. The Kier molecular flexibility index (Phi) is 7.51. The Morgan fingerprint density at radius 2 is 1.41 bits per heavy atom. The van der Waals surface area contributed by atoms with Crippen molar-refractivity contribution in [2.75, 3.05) is 19.9 Å². The fourth-order valence-electron chi connectivity index (χ4n) is 4.74. The Morgan fingerprint density at radius 3 is 2.05 bits per heavy atom. The van der Waals surface area contributed by atoms with Crippen LogP contribution < -0.4 is 14.8 Å². The van der Waals surface area contributed by atoms with Crippen molar-refractivity contribution < 1.29 is 46.9 Å². The fourth-order valence-corrected chi connectivity index (χ4v) is 4.74. The van der Waals surface area contributed by atoms with Crippen molar-refractivity contribution in [2.45, 2.75) is 18.6 Å². The van der Waals surface area contributed by atoms with E-state index in [-0.39, 0.29) is 31.0 Å². The number of hydrogen-bond donors (Lipinski definition) is 2. The highest BCUT2D eigenvalue weighted by molar-refractivity contribution is 6.02. The van der Waals surface area contributed by atoms with Crippen molar-refractivity contribution in [2.24, 2.45) is 0 Å². The van der Waals surface area contributed by atoms with Crippen molar-refractivity contribution in [1.82, 2.24) is 15.1 Å². The predicted octanol–water partition coefficient (Wildman–Crippen LogP) is 3.09. The average molecular weight is 569 g/mol. The van der Waals surface area contributed by atoms with Gasteiger partial charge in [0, 0.05) is 30.3 Å². The summed E-state index contributed by atoms with van der Waals surface area (Å²) >= 11 is 0. The summed E-state index contributed by atoms with van der Waals surface area (Å²) < 4.78 is 51.9. The number of ether oxygens (including phenoxy) is 2. The van der Waals surface area contributed by atoms with E-state index in [2.05, 4.69) is 5.32 Å². The van der Waals surface area contributed by atoms with Gasteiger partial charge in [0.25, 0.3) is 17.7 Å². The Labute approximate surface area is 230 Å². The van der Waals surface area contributed by atoms with Crippen molar-refractivity contribution >= 4 is 23.7 Å². The van der Waals surface area contributed by atoms with Gasteiger partial charge in [0.15, 0.2) is 17.7 Å². The summed E-state index contributed by atoms with van der Waals surface area (Å²) in [6, 6.07) is 10.2. The molecule has 0 spiro atoms. The van der Waals surface area contributed by atoms with E-state index in [4.69, 9.17) is 9.47 Å². The third kappa shape index (κ3) is 5.78. The molecule has 3 amide bonds. The quantitative estimate of drug-likeness (QED) is 0.448. The summed E-state index contributed by atoms with van der Waals surface area (Å²) in [7, 11) is 0. The maximum Gasteiger partial charge on any atom is 0.305 e. The molecule has 2 aliphatic heterocycles. The van der Waals surface area contributed by atoms with E-state index in [1.54, 1.807) is 0 Å². The highest BCUT2D eigenvalue weighted by Gasteiger charge is 2.44. The number of halogens is 3. The number of carboxylic acids is 1. The highest BCUT2D eigenvalue weighted by Crippen LogP contribution is 2.33. The molecule has 0 radical (unpaired) electrons. The molecular weight excluding hydrogens is 547 g/mol. The number of carbonyl (C=O) groups is 4. The Hall–Kier alpha value is -5.07. The van der Waals surface area contributed by atoms with Gasteiger partial charge in [0.05, 0.1) is 12.5 Å². The van der Waals surface area contributed by atoms with E-state index >= 15 is 0 Å². The SMILES string of the molecule is O=C(O)CC(NC(=O)C1N(C(=O)c2cc(F)cc(F)c2)CCN1C(=O)c1ccc2c(c1)OCO2)c1ccc(F)cc1. The third-order valence-corrected chi connectivity index (χ3v) is 6.63. The van der Waals surface area contributed by atoms with Crippen LogP contribution in [-0.4, -0.2) is 64.6 Å². The van der Waals surface area contributed by atoms with Crippen LogP contribution in [0.2, 0.25) is 0 Å². The van der Waals surface area contributed by atoms with Crippen LogP contribution in [0.25, 0.3) is 0 Å². The van der Waals surface area contributed by atoms with Crippen LogP contribution in [-0.2, 0) is 9.59 Å². The molecule has 2 N–H and O–H groups in total. The minimum Gasteiger partial charge on any atom is -0.481 e. The summed E-state index contributed by atoms with van der Waals surface area (Å²) in [5.74, 6) is -5.69. The lowest BCUT2D eigenvalue weighted by molar-refractivity contribution is -0.138. The molecule has 0 bridgehead atoms. The molecule has 3 aromatic carbocycles. The van der Waals surface area contributed by atoms with Gasteiger partial charge in [-0.05, 0) is 48.0 Å². The molecule has 13 heteroatoms. The number of aliphatic carboxylic acids is 1. The van der Waals surface area contributed by atoms with Gasteiger partial charge in [-0.25, -0.2) is 13.2 Å². The second-order valence-electron chi connectivity index (χ2n) is 9.31. The Bertz CT molecular complexity index is 1510. The van der Waals surface area contributed by atoms with Crippen LogP contribution in [0.15, 0.2) is 60.7 Å². The lowest BCUT2D eigenvalue weighted by Crippen LogP contribution is -2.54. The van der Waals surface area contributed by atoms with Gasteiger partial charge < -0.3 is 29.7 Å². The van der Waals surface area contributed by atoms with Crippen LogP contribution >= 0.6 is 0 Å². The van der Waals surface area contributed by atoms with Crippen LogP contribution in [0.5, 0.6) is 11.5 Å². The van der Waals surface area contributed by atoms with Gasteiger partial charge in [-0.3, -0.25) is 19.2 Å². The summed E-state index contributed by atoms with van der Waals surface area (Å²) in [6.07, 6.45) is -2.22. The molecule has 0 saturated carbocycles. The number of nitrogens with zero attached hydrogens (tertiary/aromatic N) is 2. The standard InChI is InChI=1S/C28H22F3N3O7/c29-18-4-1-15(2-5-18)21(13-24(35)36)32-25(37)26-33(27(38)16-3-6-22-23(11-16)41-14-40-22)7-8-34(26)28(39)17-9-19(30)12-20(31)10-17/h1-6,9-12,21,26H,7-8,13-14H2,(H,32,37)(H,35,36). The third-order valence-electron chi connectivity index (χ3n) is 6.63. The Balaban J connectivity index is 1.49. The molecular formula is C28H22F3N3O7. The first-order valence-electron chi connectivity index (χ1n) is 12.4. The largest absolute Gasteiger partial charge is 0.481 e. The number of carbonyl (C=O) groups excluding carboxylic acids is 3. The maximum absolute atomic E-state index is 13.9. The zero-order valence-electron chi connectivity index (χ0n) is 21.2. The number of amides is 3. The highest BCUT2D eigenvalue weighted by atomic mass is 19.1. The minimum atomic E-state index is -1.62. The molecule has 212 valence electrons. The van der Waals surface area contributed by atoms with Crippen molar-refractivity contribution in [1.29, 1.82) is 0 Å². The number of carboxylic acid groups (broad SMARTS) is 1. The second-order valence-corrected chi connectivity index (χ2v) is 9.31. The molecule has 0 aromatic heterocycles. The second kappa shape index (κ2) is 11.2. The first-order chi connectivity index (χ1) is 19.6. The zero-order chi connectivity index (χ0) is 29.3. The fraction of sp³-hybridized carbons (Fsp3) is 0.214. The maximum atomic E-state index is 13.9. The van der Waals surface area contributed by atoms with Gasteiger partial charge in [-0.2, -0.15) is 0 Å². The van der Waals surface area contributed by atoms with Gasteiger partial charge in [-0.15, -0.1) is 0 Å². The van der Waals surface area contributed by atoms with Crippen molar-refractivity contribution in [3.05, 3.63) is 94.8 Å². The smallest absolute Gasteiger partial charge is 0.305 e. The Morgan fingerprint density at radius 1 is 0.805 bits per heavy atom. The summed E-state index contributed by atoms with van der Waals surface area (Å²) in [6.45, 7) is -0.344. The van der Waals surface area contributed by atoms with E-state index in [1.165, 1.54) is 30.3 Å². The van der Waals surface area contributed by atoms with E-state index in [1.807, 2.05) is 0 Å². The van der Waals surface area contributed by atoms with Crippen LogP contribution in [0.4, 0.5) is 13.2 Å². The van der Waals surface area contributed by atoms with Gasteiger partial charge in [-0.1, -0.05) is 12.1 Å². The first kappa shape index (κ1) is 27.5. The molecule has 2 unspecified atom stereocenters. The predicted molar refractivity (Wildman–Crippen MR) is 134 cm³/mol. The molecule has 1 saturated heterocycles. The van der Waals surface area contributed by atoms with E-state index in [0.717, 1.165) is 34.1 Å². The molecule has 3 aromatic rings. The number of fused-ring (bicyclic) bond motifs is 1. The number of benzene rings is 3. The van der Waals surface area contributed by atoms with E-state index in [0.29, 0.717) is 17.6 Å². The molecule has 2 atom stereocenters. The van der Waals surface area contributed by atoms with E-state index < -0.39 is 65.3 Å². The van der Waals surface area contributed by atoms with E-state index in [9.17, 15) is 37.5 Å². The van der Waals surface area contributed by atoms with Crippen LogP contribution in [0, 0.1) is 17.5 Å². The minimum absolute atomic E-state index is 0.0391. The molecule has 41 heavy (non-hydrogen) atoms. The number of nitrogens with one attached hydrogen (secondary N) is 1.